The van der Waals surface area contributed by atoms with E-state index in [4.69, 9.17) is 0 Å². The van der Waals surface area contributed by atoms with Crippen LogP contribution in [0.25, 0.3) is 10.9 Å². The maximum atomic E-state index is 13.7. The predicted molar refractivity (Wildman–Crippen MR) is 109 cm³/mol. The molecular formula is C22H23FN2O2S. The molecule has 1 aliphatic heterocycles. The van der Waals surface area contributed by atoms with Crippen molar-refractivity contribution in [3.8, 4) is 0 Å². The van der Waals surface area contributed by atoms with Crippen LogP contribution in [0.1, 0.15) is 25.3 Å². The summed E-state index contributed by atoms with van der Waals surface area (Å²) in [6.07, 6.45) is 3.37. The minimum absolute atomic E-state index is 0.185. The van der Waals surface area contributed by atoms with Gasteiger partial charge in [-0.15, -0.1) is 0 Å². The number of hydrogen-bond donors (Lipinski definition) is 0. The van der Waals surface area contributed by atoms with Crippen LogP contribution in [0.3, 0.4) is 0 Å². The van der Waals surface area contributed by atoms with Gasteiger partial charge in [-0.1, -0.05) is 24.6 Å². The molecule has 0 unspecified atom stereocenters. The lowest BCUT2D eigenvalue weighted by molar-refractivity contribution is 0.437. The third-order valence-electron chi connectivity index (χ3n) is 5.49. The largest absolute Gasteiger partial charge is 0.370 e. The van der Waals surface area contributed by atoms with Crippen LogP contribution < -0.4 is 4.90 Å². The number of pyridine rings is 1. The van der Waals surface area contributed by atoms with E-state index in [1.165, 1.54) is 18.3 Å². The molecule has 0 saturated carbocycles. The zero-order chi connectivity index (χ0) is 19.9. The number of aryl methyl sites for hydroxylation is 1. The summed E-state index contributed by atoms with van der Waals surface area (Å²) in [6, 6.07) is 11.2. The first-order valence-electron chi connectivity index (χ1n) is 9.51. The maximum Gasteiger partial charge on any atom is 0.210 e. The Morgan fingerprint density at radius 3 is 2.43 bits per heavy atom. The average Bonchev–Trinajstić information content (AvgIpc) is 2.68. The molecule has 0 N–H and O–H groups in total. The number of nitrogens with zero attached hydrogens (tertiary/aromatic N) is 2. The van der Waals surface area contributed by atoms with Crippen molar-refractivity contribution >= 4 is 26.4 Å². The summed E-state index contributed by atoms with van der Waals surface area (Å²) in [5, 5.41) is 0.670. The van der Waals surface area contributed by atoms with E-state index in [0.717, 1.165) is 31.5 Å². The molecule has 6 heteroatoms. The van der Waals surface area contributed by atoms with Crippen molar-refractivity contribution < 1.29 is 12.8 Å². The number of anilines is 1. The second kappa shape index (κ2) is 7.17. The summed E-state index contributed by atoms with van der Waals surface area (Å²) in [7, 11) is -3.75. The molecule has 1 aliphatic rings. The third-order valence-corrected chi connectivity index (χ3v) is 7.26. The highest BCUT2D eigenvalue weighted by Crippen LogP contribution is 2.37. The summed E-state index contributed by atoms with van der Waals surface area (Å²) in [5.41, 5.74) is 2.10. The van der Waals surface area contributed by atoms with Crippen molar-refractivity contribution in [3.63, 3.8) is 0 Å². The van der Waals surface area contributed by atoms with E-state index in [0.29, 0.717) is 22.5 Å². The molecule has 0 atom stereocenters. The van der Waals surface area contributed by atoms with Gasteiger partial charge < -0.3 is 4.90 Å². The number of benzene rings is 2. The van der Waals surface area contributed by atoms with Gasteiger partial charge in [-0.3, -0.25) is 4.98 Å². The van der Waals surface area contributed by atoms with Gasteiger partial charge in [0.25, 0.3) is 0 Å². The lowest BCUT2D eigenvalue weighted by Crippen LogP contribution is -2.34. The number of halogens is 1. The molecule has 0 spiro atoms. The van der Waals surface area contributed by atoms with Crippen LogP contribution in [0, 0.1) is 18.7 Å². The van der Waals surface area contributed by atoms with Gasteiger partial charge in [0, 0.05) is 30.7 Å². The van der Waals surface area contributed by atoms with Crippen molar-refractivity contribution in [3.05, 3.63) is 60.0 Å². The van der Waals surface area contributed by atoms with E-state index in [-0.39, 0.29) is 15.6 Å². The Labute approximate surface area is 164 Å². The Bertz CT molecular complexity index is 1120. The van der Waals surface area contributed by atoms with E-state index in [2.05, 4.69) is 16.8 Å². The first-order chi connectivity index (χ1) is 13.4. The van der Waals surface area contributed by atoms with Crippen LogP contribution in [0.2, 0.25) is 0 Å². The van der Waals surface area contributed by atoms with Gasteiger partial charge in [0.1, 0.15) is 10.7 Å². The first-order valence-corrected chi connectivity index (χ1v) is 11.0. The summed E-state index contributed by atoms with van der Waals surface area (Å²) < 4.78 is 40.6. The number of aromatic nitrogens is 1. The highest BCUT2D eigenvalue weighted by molar-refractivity contribution is 7.91. The van der Waals surface area contributed by atoms with Crippen LogP contribution in [-0.4, -0.2) is 26.5 Å². The van der Waals surface area contributed by atoms with Crippen molar-refractivity contribution in [1.29, 1.82) is 0 Å². The summed E-state index contributed by atoms with van der Waals surface area (Å²) >= 11 is 0. The molecule has 0 bridgehead atoms. The zero-order valence-electron chi connectivity index (χ0n) is 16.0. The molecule has 1 aromatic heterocycles. The molecule has 1 fully saturated rings. The molecule has 28 heavy (non-hydrogen) atoms. The lowest BCUT2D eigenvalue weighted by Gasteiger charge is -2.34. The minimum atomic E-state index is -3.75. The molecule has 146 valence electrons. The number of sulfone groups is 1. The summed E-state index contributed by atoms with van der Waals surface area (Å²) in [4.78, 5) is 6.82. The molecule has 0 amide bonds. The molecular weight excluding hydrogens is 375 g/mol. The monoisotopic (exact) mass is 398 g/mol. The second-order valence-electron chi connectivity index (χ2n) is 7.62. The molecule has 1 saturated heterocycles. The average molecular weight is 399 g/mol. The number of rotatable bonds is 3. The quantitative estimate of drug-likeness (QED) is 0.639. The van der Waals surface area contributed by atoms with Crippen molar-refractivity contribution in [2.24, 2.45) is 5.92 Å². The molecule has 3 aromatic rings. The molecule has 4 rings (SSSR count). The van der Waals surface area contributed by atoms with E-state index in [1.54, 1.807) is 30.3 Å². The van der Waals surface area contributed by atoms with Gasteiger partial charge in [-0.2, -0.15) is 0 Å². The normalized spacial score (nSPS) is 15.9. The van der Waals surface area contributed by atoms with Crippen LogP contribution in [-0.2, 0) is 9.84 Å². The standard InChI is InChI=1S/C22H23FN2O2S/c1-15-3-6-18(7-4-15)28(26,27)21-14-24-20-13-17(23)5-8-19(20)22(21)25-11-9-16(2)10-12-25/h3-8,13-14,16H,9-12H2,1-2H3. The van der Waals surface area contributed by atoms with Gasteiger partial charge in [-0.05, 0) is 49.9 Å². The number of piperidine rings is 1. The fourth-order valence-electron chi connectivity index (χ4n) is 3.73. The predicted octanol–water partition coefficient (Wildman–Crippen LogP) is 4.75. The number of fused-ring (bicyclic) bond motifs is 1. The Balaban J connectivity index is 1.93. The Morgan fingerprint density at radius 1 is 1.07 bits per heavy atom. The van der Waals surface area contributed by atoms with Crippen LogP contribution >= 0.6 is 0 Å². The van der Waals surface area contributed by atoms with Crippen LogP contribution in [0.5, 0.6) is 0 Å². The van der Waals surface area contributed by atoms with Gasteiger partial charge >= 0.3 is 0 Å². The second-order valence-corrected chi connectivity index (χ2v) is 9.54. The smallest absolute Gasteiger partial charge is 0.210 e. The Hall–Kier alpha value is -2.47. The van der Waals surface area contributed by atoms with E-state index < -0.39 is 9.84 Å². The van der Waals surface area contributed by atoms with Gasteiger partial charge in [0.05, 0.1) is 16.1 Å². The fraction of sp³-hybridized carbons (Fsp3) is 0.318. The van der Waals surface area contributed by atoms with E-state index >= 15 is 0 Å². The molecule has 4 nitrogen and oxygen atoms in total. The Morgan fingerprint density at radius 2 is 1.75 bits per heavy atom. The van der Waals surface area contributed by atoms with Crippen molar-refractivity contribution in [2.45, 2.75) is 36.5 Å². The first kappa shape index (κ1) is 18.9. The lowest BCUT2D eigenvalue weighted by atomic mass is 9.98. The SMILES string of the molecule is Cc1ccc(S(=O)(=O)c2cnc3cc(F)ccc3c2N2CCC(C)CC2)cc1. The molecule has 0 aliphatic carbocycles. The summed E-state index contributed by atoms with van der Waals surface area (Å²) in [6.45, 7) is 5.67. The third kappa shape index (κ3) is 3.37. The number of hydrogen-bond acceptors (Lipinski definition) is 4. The zero-order valence-corrected chi connectivity index (χ0v) is 16.8. The van der Waals surface area contributed by atoms with Gasteiger partial charge in [0.2, 0.25) is 9.84 Å². The van der Waals surface area contributed by atoms with Crippen molar-refractivity contribution in [1.82, 2.24) is 4.98 Å². The topological polar surface area (TPSA) is 50.3 Å². The molecule has 2 aromatic carbocycles. The van der Waals surface area contributed by atoms with Gasteiger partial charge in [0.15, 0.2) is 0 Å². The Kier molecular flexibility index (Phi) is 4.83. The fourth-order valence-corrected chi connectivity index (χ4v) is 5.17. The van der Waals surface area contributed by atoms with E-state index in [1.807, 2.05) is 6.92 Å². The maximum absolute atomic E-state index is 13.7. The summed E-state index contributed by atoms with van der Waals surface area (Å²) in [5.74, 6) is 0.228. The minimum Gasteiger partial charge on any atom is -0.370 e. The van der Waals surface area contributed by atoms with Gasteiger partial charge in [-0.25, -0.2) is 12.8 Å². The van der Waals surface area contributed by atoms with Crippen LogP contribution in [0.15, 0.2) is 58.5 Å². The molecule has 0 radical (unpaired) electrons. The highest BCUT2D eigenvalue weighted by Gasteiger charge is 2.28. The van der Waals surface area contributed by atoms with E-state index in [9.17, 15) is 12.8 Å². The van der Waals surface area contributed by atoms with Crippen LogP contribution in [0.4, 0.5) is 10.1 Å². The van der Waals surface area contributed by atoms with Crippen molar-refractivity contribution in [2.75, 3.05) is 18.0 Å². The highest BCUT2D eigenvalue weighted by atomic mass is 32.2. The molecule has 2 heterocycles.